The number of amides is 1. The minimum Gasteiger partial charge on any atom is -0.381 e. The second-order valence-electron chi connectivity index (χ2n) is 6.98. The molecule has 3 unspecified atom stereocenters. The van der Waals surface area contributed by atoms with E-state index in [1.807, 2.05) is 13.8 Å². The Morgan fingerprint density at radius 1 is 1.38 bits per heavy atom. The molecule has 8 heteroatoms. The number of nitrogens with zero attached hydrogens (tertiary/aromatic N) is 3. The van der Waals surface area contributed by atoms with E-state index in [1.165, 1.54) is 17.5 Å². The summed E-state index contributed by atoms with van der Waals surface area (Å²) in [6, 6.07) is -0.0552. The van der Waals surface area contributed by atoms with Crippen molar-refractivity contribution in [1.29, 1.82) is 0 Å². The first-order chi connectivity index (χ1) is 12.5. The van der Waals surface area contributed by atoms with Crippen LogP contribution in [0.1, 0.15) is 40.2 Å². The van der Waals surface area contributed by atoms with E-state index in [1.54, 1.807) is 16.4 Å². The third kappa shape index (κ3) is 2.76. The van der Waals surface area contributed by atoms with Gasteiger partial charge in [-0.1, -0.05) is 0 Å². The summed E-state index contributed by atoms with van der Waals surface area (Å²) in [4.78, 5) is 34.0. The Labute approximate surface area is 155 Å². The molecule has 2 aromatic heterocycles. The first-order valence-electron chi connectivity index (χ1n) is 8.94. The first-order valence-corrected chi connectivity index (χ1v) is 9.76. The Morgan fingerprint density at radius 2 is 2.19 bits per heavy atom. The van der Waals surface area contributed by atoms with Crippen LogP contribution in [0.4, 0.5) is 0 Å². The van der Waals surface area contributed by atoms with Gasteiger partial charge in [-0.3, -0.25) is 14.0 Å². The number of fused-ring (bicyclic) bond motifs is 2. The quantitative estimate of drug-likeness (QED) is 0.798. The number of aryl methyl sites for hydroxylation is 2. The normalized spacial score (nSPS) is 26.1. The Kier molecular flexibility index (Phi) is 4.58. The highest BCUT2D eigenvalue weighted by atomic mass is 32.1. The number of ether oxygens (including phenoxy) is 2. The fourth-order valence-corrected chi connectivity index (χ4v) is 4.95. The summed E-state index contributed by atoms with van der Waals surface area (Å²) >= 11 is 1.46. The second-order valence-corrected chi connectivity index (χ2v) is 8.17. The average molecular weight is 377 g/mol. The average Bonchev–Trinajstić information content (AvgIpc) is 2.95. The van der Waals surface area contributed by atoms with Crippen molar-refractivity contribution in [3.8, 4) is 0 Å². The number of morpholine rings is 1. The van der Waals surface area contributed by atoms with Crippen molar-refractivity contribution in [2.45, 2.75) is 51.4 Å². The molecule has 1 aliphatic heterocycles. The van der Waals surface area contributed by atoms with Gasteiger partial charge in [0, 0.05) is 30.4 Å². The summed E-state index contributed by atoms with van der Waals surface area (Å²) in [6.45, 7) is 4.82. The highest BCUT2D eigenvalue weighted by Gasteiger charge is 2.40. The summed E-state index contributed by atoms with van der Waals surface area (Å²) in [7, 11) is 1.70. The third-order valence-corrected chi connectivity index (χ3v) is 6.69. The van der Waals surface area contributed by atoms with Crippen LogP contribution < -0.4 is 5.56 Å². The highest BCUT2D eigenvalue weighted by Crippen LogP contribution is 2.30. The van der Waals surface area contributed by atoms with Crippen molar-refractivity contribution in [1.82, 2.24) is 14.3 Å². The van der Waals surface area contributed by atoms with Gasteiger partial charge in [0.05, 0.1) is 24.9 Å². The maximum atomic E-state index is 13.2. The molecule has 0 spiro atoms. The Bertz CT molecular complexity index is 906. The SMILES string of the molecule is COC1CCC2OCCN(C(=O)c3cnc4sc(C)c(C)n4c3=O)C2C1. The van der Waals surface area contributed by atoms with Crippen molar-refractivity contribution in [2.75, 3.05) is 20.3 Å². The Morgan fingerprint density at radius 3 is 2.96 bits per heavy atom. The summed E-state index contributed by atoms with van der Waals surface area (Å²) in [6.07, 6.45) is 4.10. The van der Waals surface area contributed by atoms with Gasteiger partial charge >= 0.3 is 0 Å². The zero-order valence-corrected chi connectivity index (χ0v) is 16.0. The van der Waals surface area contributed by atoms with Crippen molar-refractivity contribution < 1.29 is 14.3 Å². The molecule has 7 nitrogen and oxygen atoms in total. The Hall–Kier alpha value is -1.77. The molecule has 0 radical (unpaired) electrons. The lowest BCUT2D eigenvalue weighted by molar-refractivity contribution is -0.101. The zero-order valence-electron chi connectivity index (χ0n) is 15.2. The minimum atomic E-state index is -0.288. The van der Waals surface area contributed by atoms with Crippen LogP contribution in [0.25, 0.3) is 4.96 Å². The van der Waals surface area contributed by atoms with Crippen molar-refractivity contribution >= 4 is 22.2 Å². The van der Waals surface area contributed by atoms with Crippen molar-refractivity contribution in [3.05, 3.63) is 32.7 Å². The van der Waals surface area contributed by atoms with Crippen LogP contribution in [0.2, 0.25) is 0 Å². The van der Waals surface area contributed by atoms with Gasteiger partial charge in [0.25, 0.3) is 11.5 Å². The van der Waals surface area contributed by atoms with Crippen LogP contribution in [0.5, 0.6) is 0 Å². The molecule has 26 heavy (non-hydrogen) atoms. The molecule has 2 aromatic rings. The van der Waals surface area contributed by atoms with Crippen LogP contribution in [0.15, 0.2) is 11.0 Å². The van der Waals surface area contributed by atoms with Gasteiger partial charge < -0.3 is 14.4 Å². The van der Waals surface area contributed by atoms with Gasteiger partial charge in [-0.05, 0) is 33.1 Å². The summed E-state index contributed by atoms with van der Waals surface area (Å²) < 4.78 is 12.9. The smallest absolute Gasteiger partial charge is 0.271 e. The molecule has 4 rings (SSSR count). The Balaban J connectivity index is 1.70. The van der Waals surface area contributed by atoms with Gasteiger partial charge in [-0.2, -0.15) is 0 Å². The molecule has 1 saturated heterocycles. The largest absolute Gasteiger partial charge is 0.381 e. The molecule has 140 valence electrons. The molecule has 1 saturated carbocycles. The second kappa shape index (κ2) is 6.75. The van der Waals surface area contributed by atoms with E-state index in [2.05, 4.69) is 4.98 Å². The van der Waals surface area contributed by atoms with Crippen LogP contribution in [-0.4, -0.2) is 58.7 Å². The van der Waals surface area contributed by atoms with Gasteiger partial charge in [0.15, 0.2) is 4.96 Å². The molecule has 3 heterocycles. The fourth-order valence-electron chi connectivity index (χ4n) is 4.02. The highest BCUT2D eigenvalue weighted by molar-refractivity contribution is 7.17. The summed E-state index contributed by atoms with van der Waals surface area (Å²) in [5.74, 6) is -0.254. The standard InChI is InChI=1S/C18H23N3O4S/c1-10-11(2)26-18-19-9-13(17(23)21(10)18)16(22)20-6-7-25-15-5-4-12(24-3)8-14(15)20/h9,12,14-15H,4-8H2,1-3H3. The van der Waals surface area contributed by atoms with Gasteiger partial charge in [0.1, 0.15) is 5.56 Å². The number of hydrogen-bond acceptors (Lipinski definition) is 6. The third-order valence-electron chi connectivity index (χ3n) is 5.61. The van der Waals surface area contributed by atoms with E-state index in [4.69, 9.17) is 9.47 Å². The number of thiazole rings is 1. The molecule has 2 aliphatic rings. The zero-order chi connectivity index (χ0) is 18.4. The number of carbonyl (C=O) groups excluding carboxylic acids is 1. The van der Waals surface area contributed by atoms with Crippen LogP contribution in [0, 0.1) is 13.8 Å². The van der Waals surface area contributed by atoms with Crippen molar-refractivity contribution in [3.63, 3.8) is 0 Å². The predicted octanol–water partition coefficient (Wildman–Crippen LogP) is 1.78. The topological polar surface area (TPSA) is 73.1 Å². The van der Waals surface area contributed by atoms with E-state index in [9.17, 15) is 9.59 Å². The maximum absolute atomic E-state index is 13.2. The molecule has 1 aliphatic carbocycles. The molecule has 1 amide bonds. The van der Waals surface area contributed by atoms with E-state index in [0.29, 0.717) is 18.1 Å². The molecular formula is C18H23N3O4S. The monoisotopic (exact) mass is 377 g/mol. The predicted molar refractivity (Wildman–Crippen MR) is 98.0 cm³/mol. The fraction of sp³-hybridized carbons (Fsp3) is 0.611. The lowest BCUT2D eigenvalue weighted by Crippen LogP contribution is -2.57. The number of aromatic nitrogens is 2. The summed E-state index contributed by atoms with van der Waals surface area (Å²) in [5, 5.41) is 0. The summed E-state index contributed by atoms with van der Waals surface area (Å²) in [5.41, 5.74) is 0.682. The van der Waals surface area contributed by atoms with Crippen LogP contribution >= 0.6 is 11.3 Å². The molecule has 3 atom stereocenters. The molecule has 0 N–H and O–H groups in total. The molecule has 0 aromatic carbocycles. The number of carbonyl (C=O) groups is 1. The lowest BCUT2D eigenvalue weighted by atomic mass is 9.87. The number of hydrogen-bond donors (Lipinski definition) is 0. The first kappa shape index (κ1) is 17.6. The number of methoxy groups -OCH3 is 1. The molecular weight excluding hydrogens is 354 g/mol. The maximum Gasteiger partial charge on any atom is 0.271 e. The molecule has 0 bridgehead atoms. The van der Waals surface area contributed by atoms with Gasteiger partial charge in [0.2, 0.25) is 0 Å². The van der Waals surface area contributed by atoms with Gasteiger partial charge in [-0.15, -0.1) is 11.3 Å². The van der Waals surface area contributed by atoms with E-state index >= 15 is 0 Å². The van der Waals surface area contributed by atoms with Crippen molar-refractivity contribution in [2.24, 2.45) is 0 Å². The van der Waals surface area contributed by atoms with Crippen LogP contribution in [-0.2, 0) is 9.47 Å². The molecule has 2 fully saturated rings. The van der Waals surface area contributed by atoms with E-state index in [-0.39, 0.29) is 35.3 Å². The number of rotatable bonds is 2. The minimum absolute atomic E-state index is 0.0173. The van der Waals surface area contributed by atoms with E-state index < -0.39 is 0 Å². The van der Waals surface area contributed by atoms with E-state index in [0.717, 1.165) is 29.8 Å². The lowest BCUT2D eigenvalue weighted by Gasteiger charge is -2.45. The van der Waals surface area contributed by atoms with Crippen LogP contribution in [0.3, 0.4) is 0 Å². The van der Waals surface area contributed by atoms with Gasteiger partial charge in [-0.25, -0.2) is 4.98 Å².